The molecule has 1 aromatic carbocycles. The van der Waals surface area contributed by atoms with E-state index in [0.29, 0.717) is 5.01 Å². The predicted octanol–water partition coefficient (Wildman–Crippen LogP) is -0.290. The van der Waals surface area contributed by atoms with Crippen molar-refractivity contribution >= 4 is 23.6 Å². The lowest BCUT2D eigenvalue weighted by atomic mass is 10.2. The molecule has 0 fully saturated rings. The van der Waals surface area contributed by atoms with E-state index in [0.717, 1.165) is 5.56 Å². The SMILES string of the molecule is Cc1ccc(S(=O)(=O)NN(CC(=O)O)CP(=O)(O)O)cc1. The van der Waals surface area contributed by atoms with Crippen LogP contribution in [0.2, 0.25) is 0 Å². The third kappa shape index (κ3) is 6.34. The molecule has 11 heteroatoms. The van der Waals surface area contributed by atoms with Gasteiger partial charge < -0.3 is 14.9 Å². The Morgan fingerprint density at radius 1 is 1.29 bits per heavy atom. The molecule has 0 aromatic heterocycles. The standard InChI is InChI=1S/C10H15N2O7PS/c1-8-2-4-9(5-3-8)21(18,19)11-12(6-10(13)14)7-20(15,16)17/h2-5,11H,6-7H2,1H3,(H,13,14)(H2,15,16,17). The molecule has 0 heterocycles. The number of rotatable bonds is 7. The van der Waals surface area contributed by atoms with Gasteiger partial charge in [0.2, 0.25) is 0 Å². The van der Waals surface area contributed by atoms with Crippen LogP contribution < -0.4 is 4.83 Å². The van der Waals surface area contributed by atoms with Crippen LogP contribution in [-0.2, 0) is 19.4 Å². The van der Waals surface area contributed by atoms with Crippen LogP contribution in [0.15, 0.2) is 29.2 Å². The second kappa shape index (κ2) is 6.65. The second-order valence-electron chi connectivity index (χ2n) is 4.31. The number of carbonyl (C=O) groups is 1. The van der Waals surface area contributed by atoms with Crippen LogP contribution in [0.25, 0.3) is 0 Å². The van der Waals surface area contributed by atoms with E-state index in [4.69, 9.17) is 14.9 Å². The van der Waals surface area contributed by atoms with E-state index in [2.05, 4.69) is 0 Å². The molecule has 0 atom stereocenters. The van der Waals surface area contributed by atoms with E-state index in [1.807, 2.05) is 4.83 Å². The van der Waals surface area contributed by atoms with Crippen LogP contribution in [0, 0.1) is 6.92 Å². The number of carboxylic acids is 1. The first kappa shape index (κ1) is 17.8. The Morgan fingerprint density at radius 2 is 1.81 bits per heavy atom. The van der Waals surface area contributed by atoms with Crippen LogP contribution in [0.5, 0.6) is 0 Å². The lowest BCUT2D eigenvalue weighted by Gasteiger charge is -2.21. The zero-order chi connectivity index (χ0) is 16.3. The zero-order valence-electron chi connectivity index (χ0n) is 11.0. The van der Waals surface area contributed by atoms with Gasteiger partial charge in [0.15, 0.2) is 0 Å². The van der Waals surface area contributed by atoms with Crippen LogP contribution in [0.1, 0.15) is 5.56 Å². The van der Waals surface area contributed by atoms with E-state index >= 15 is 0 Å². The van der Waals surface area contributed by atoms with Gasteiger partial charge in [-0.05, 0) is 19.1 Å². The molecule has 0 aliphatic heterocycles. The average Bonchev–Trinajstić information content (AvgIpc) is 2.25. The maximum atomic E-state index is 12.0. The highest BCUT2D eigenvalue weighted by Gasteiger charge is 2.26. The molecule has 118 valence electrons. The van der Waals surface area contributed by atoms with Crippen molar-refractivity contribution < 1.29 is 32.7 Å². The number of carboxylic acid groups (broad SMARTS) is 1. The molecule has 4 N–H and O–H groups in total. The molecule has 9 nitrogen and oxygen atoms in total. The fourth-order valence-corrected chi connectivity index (χ4v) is 3.22. The number of aliphatic carboxylic acids is 1. The normalized spacial score (nSPS) is 12.6. The van der Waals surface area contributed by atoms with Crippen molar-refractivity contribution in [2.24, 2.45) is 0 Å². The summed E-state index contributed by atoms with van der Waals surface area (Å²) in [4.78, 5) is 30.0. The van der Waals surface area contributed by atoms with Gasteiger partial charge in [-0.3, -0.25) is 9.36 Å². The minimum atomic E-state index is -4.63. The van der Waals surface area contributed by atoms with Gasteiger partial charge in [0.25, 0.3) is 10.0 Å². The number of sulfonamides is 1. The lowest BCUT2D eigenvalue weighted by Crippen LogP contribution is -2.45. The maximum absolute atomic E-state index is 12.0. The molecule has 0 saturated heterocycles. The summed E-state index contributed by atoms with van der Waals surface area (Å²) in [6, 6.07) is 5.68. The fraction of sp³-hybridized carbons (Fsp3) is 0.300. The Hall–Kier alpha value is -1.29. The third-order valence-corrected chi connectivity index (χ3v) is 4.36. The molecule has 0 amide bonds. The van der Waals surface area contributed by atoms with Gasteiger partial charge in [-0.25, -0.2) is 13.4 Å². The summed E-state index contributed by atoms with van der Waals surface area (Å²) in [6.07, 6.45) is -1.05. The summed E-state index contributed by atoms with van der Waals surface area (Å²) in [5.41, 5.74) is 0.826. The lowest BCUT2D eigenvalue weighted by molar-refractivity contribution is -0.138. The van der Waals surface area contributed by atoms with E-state index in [-0.39, 0.29) is 4.90 Å². The first-order valence-corrected chi connectivity index (χ1v) is 8.88. The number of hydrogen-bond acceptors (Lipinski definition) is 5. The number of aryl methyl sites for hydroxylation is 1. The highest BCUT2D eigenvalue weighted by atomic mass is 32.2. The average molecular weight is 338 g/mol. The number of nitrogens with zero attached hydrogens (tertiary/aromatic N) is 1. The van der Waals surface area contributed by atoms with Crippen molar-refractivity contribution in [2.45, 2.75) is 11.8 Å². The first-order chi connectivity index (χ1) is 9.49. The molecular formula is C10H15N2O7PS. The smallest absolute Gasteiger partial charge is 0.340 e. The van der Waals surface area contributed by atoms with E-state index in [9.17, 15) is 17.8 Å². The number of hydrazine groups is 1. The molecule has 0 aliphatic carbocycles. The van der Waals surface area contributed by atoms with Gasteiger partial charge in [-0.15, -0.1) is 4.83 Å². The van der Waals surface area contributed by atoms with Gasteiger partial charge >= 0.3 is 13.6 Å². The first-order valence-electron chi connectivity index (χ1n) is 5.60. The molecule has 1 aromatic rings. The van der Waals surface area contributed by atoms with E-state index in [1.165, 1.54) is 12.1 Å². The molecule has 0 bridgehead atoms. The Kier molecular flexibility index (Phi) is 5.62. The predicted molar refractivity (Wildman–Crippen MR) is 72.8 cm³/mol. The molecule has 0 unspecified atom stereocenters. The topological polar surface area (TPSA) is 144 Å². The van der Waals surface area contributed by atoms with E-state index < -0.39 is 36.4 Å². The Morgan fingerprint density at radius 3 is 2.24 bits per heavy atom. The van der Waals surface area contributed by atoms with Crippen LogP contribution >= 0.6 is 7.60 Å². The summed E-state index contributed by atoms with van der Waals surface area (Å²) in [6.45, 7) is 0.866. The van der Waals surface area contributed by atoms with Crippen molar-refractivity contribution in [3.8, 4) is 0 Å². The van der Waals surface area contributed by atoms with Crippen LogP contribution in [-0.4, -0.2) is 47.1 Å². The van der Waals surface area contributed by atoms with Crippen LogP contribution in [0.4, 0.5) is 0 Å². The van der Waals surface area contributed by atoms with Crippen molar-refractivity contribution in [1.82, 2.24) is 9.84 Å². The van der Waals surface area contributed by atoms with Crippen molar-refractivity contribution in [3.05, 3.63) is 29.8 Å². The summed E-state index contributed by atoms with van der Waals surface area (Å²) in [5, 5.41) is 9.10. The number of hydrogen-bond donors (Lipinski definition) is 4. The van der Waals surface area contributed by atoms with Crippen molar-refractivity contribution in [1.29, 1.82) is 0 Å². The molecule has 0 spiro atoms. The van der Waals surface area contributed by atoms with Crippen molar-refractivity contribution in [3.63, 3.8) is 0 Å². The van der Waals surface area contributed by atoms with Gasteiger partial charge in [0.05, 0.1) is 4.90 Å². The Balaban J connectivity index is 2.97. The molecular weight excluding hydrogens is 323 g/mol. The summed E-state index contributed by atoms with van der Waals surface area (Å²) in [5.74, 6) is -1.44. The maximum Gasteiger partial charge on any atom is 0.340 e. The number of benzene rings is 1. The molecule has 0 radical (unpaired) electrons. The minimum Gasteiger partial charge on any atom is -0.480 e. The molecule has 21 heavy (non-hydrogen) atoms. The van der Waals surface area contributed by atoms with Gasteiger partial charge in [0.1, 0.15) is 12.8 Å². The van der Waals surface area contributed by atoms with Crippen molar-refractivity contribution in [2.75, 3.05) is 12.8 Å². The molecule has 0 saturated carbocycles. The minimum absolute atomic E-state index is 0.144. The van der Waals surface area contributed by atoms with E-state index in [1.54, 1.807) is 19.1 Å². The second-order valence-corrected chi connectivity index (χ2v) is 7.58. The Bertz CT molecular complexity index is 652. The van der Waals surface area contributed by atoms with Gasteiger partial charge in [-0.2, -0.15) is 0 Å². The van der Waals surface area contributed by atoms with Gasteiger partial charge in [0, 0.05) is 0 Å². The highest BCUT2D eigenvalue weighted by molar-refractivity contribution is 7.89. The molecule has 1 rings (SSSR count). The number of nitrogens with one attached hydrogen (secondary N) is 1. The zero-order valence-corrected chi connectivity index (χ0v) is 12.7. The monoisotopic (exact) mass is 338 g/mol. The fourth-order valence-electron chi connectivity index (χ4n) is 1.44. The summed E-state index contributed by atoms with van der Waals surface area (Å²) in [7, 11) is -8.75. The largest absolute Gasteiger partial charge is 0.480 e. The Labute approximate surface area is 121 Å². The van der Waals surface area contributed by atoms with Crippen LogP contribution in [0.3, 0.4) is 0 Å². The molecule has 0 aliphatic rings. The summed E-state index contributed by atoms with van der Waals surface area (Å²) >= 11 is 0. The highest BCUT2D eigenvalue weighted by Crippen LogP contribution is 2.34. The summed E-state index contributed by atoms with van der Waals surface area (Å²) < 4.78 is 35.0. The third-order valence-electron chi connectivity index (χ3n) is 2.26. The quantitative estimate of drug-likeness (QED) is 0.392. The van der Waals surface area contributed by atoms with Gasteiger partial charge in [-0.1, -0.05) is 17.7 Å².